The van der Waals surface area contributed by atoms with E-state index in [9.17, 15) is 18.0 Å². The van der Waals surface area contributed by atoms with Gasteiger partial charge in [0.15, 0.2) is 11.5 Å². The minimum Gasteiger partial charge on any atom is -0.493 e. The van der Waals surface area contributed by atoms with Gasteiger partial charge in [-0.05, 0) is 50.2 Å². The molecule has 3 rings (SSSR count). The molecule has 0 radical (unpaired) electrons. The van der Waals surface area contributed by atoms with Crippen LogP contribution in [0.15, 0.2) is 77.7 Å². The molecule has 0 aromatic heterocycles. The van der Waals surface area contributed by atoms with E-state index < -0.39 is 22.5 Å². The van der Waals surface area contributed by atoms with E-state index in [1.165, 1.54) is 32.4 Å². The number of ether oxygens (including phenoxy) is 2. The fourth-order valence-electron chi connectivity index (χ4n) is 3.46. The molecule has 0 heterocycles. The van der Waals surface area contributed by atoms with Gasteiger partial charge in [-0.15, -0.1) is 0 Å². The van der Waals surface area contributed by atoms with Crippen molar-refractivity contribution < 1.29 is 27.5 Å². The molecule has 3 aromatic carbocycles. The van der Waals surface area contributed by atoms with Crippen LogP contribution < -0.4 is 24.4 Å². The number of benzene rings is 3. The van der Waals surface area contributed by atoms with Crippen LogP contribution in [0.4, 0.5) is 11.4 Å². The van der Waals surface area contributed by atoms with Gasteiger partial charge in [0.2, 0.25) is 5.91 Å². The molecule has 0 aliphatic carbocycles. The molecule has 2 amide bonds. The molecule has 0 spiro atoms. The van der Waals surface area contributed by atoms with Gasteiger partial charge in [0, 0.05) is 12.1 Å². The number of anilines is 2. The lowest BCUT2D eigenvalue weighted by Crippen LogP contribution is -2.38. The van der Waals surface area contributed by atoms with Crippen molar-refractivity contribution in [2.75, 3.05) is 30.4 Å². The maximum Gasteiger partial charge on any atom is 0.264 e. The summed E-state index contributed by atoms with van der Waals surface area (Å²) < 4.78 is 38.8. The zero-order chi connectivity index (χ0) is 26.3. The molecule has 0 atom stereocenters. The second-order valence-corrected chi connectivity index (χ2v) is 9.95. The highest BCUT2D eigenvalue weighted by molar-refractivity contribution is 7.92. The van der Waals surface area contributed by atoms with Crippen LogP contribution in [0.3, 0.4) is 0 Å². The molecule has 0 saturated heterocycles. The smallest absolute Gasteiger partial charge is 0.264 e. The number of nitrogens with one attached hydrogen (secondary N) is 2. The van der Waals surface area contributed by atoms with Gasteiger partial charge in [0.05, 0.1) is 36.1 Å². The number of amides is 2. The summed E-state index contributed by atoms with van der Waals surface area (Å²) in [6, 6.07) is 18.9. The van der Waals surface area contributed by atoms with Crippen molar-refractivity contribution in [3.63, 3.8) is 0 Å². The van der Waals surface area contributed by atoms with Gasteiger partial charge in [-0.25, -0.2) is 8.42 Å². The summed E-state index contributed by atoms with van der Waals surface area (Å²) in [4.78, 5) is 25.6. The Balaban J connectivity index is 1.95. The van der Waals surface area contributed by atoms with E-state index in [2.05, 4.69) is 10.6 Å². The van der Waals surface area contributed by atoms with Crippen LogP contribution in [-0.2, 0) is 14.8 Å². The Bertz CT molecular complexity index is 1330. The summed E-state index contributed by atoms with van der Waals surface area (Å²) >= 11 is 0. The first-order valence-corrected chi connectivity index (χ1v) is 12.6. The summed E-state index contributed by atoms with van der Waals surface area (Å²) in [6.07, 6.45) is 0. The summed E-state index contributed by atoms with van der Waals surface area (Å²) in [6.45, 7) is 3.13. The van der Waals surface area contributed by atoms with Crippen molar-refractivity contribution in [3.8, 4) is 11.5 Å². The van der Waals surface area contributed by atoms with E-state index in [0.29, 0.717) is 11.4 Å². The average molecular weight is 512 g/mol. The van der Waals surface area contributed by atoms with Crippen LogP contribution in [0.5, 0.6) is 11.5 Å². The van der Waals surface area contributed by atoms with Crippen LogP contribution in [0, 0.1) is 0 Å². The Morgan fingerprint density at radius 2 is 1.53 bits per heavy atom. The minimum atomic E-state index is -4.18. The molecule has 36 heavy (non-hydrogen) atoms. The monoisotopic (exact) mass is 511 g/mol. The van der Waals surface area contributed by atoms with Crippen LogP contribution in [0.25, 0.3) is 0 Å². The lowest BCUT2D eigenvalue weighted by molar-refractivity contribution is -0.114. The Morgan fingerprint density at radius 3 is 2.17 bits per heavy atom. The number of hydrogen-bond acceptors (Lipinski definition) is 6. The second kappa shape index (κ2) is 11.6. The van der Waals surface area contributed by atoms with Crippen molar-refractivity contribution in [2.24, 2.45) is 0 Å². The minimum absolute atomic E-state index is 0.0754. The first kappa shape index (κ1) is 26.6. The van der Waals surface area contributed by atoms with Crippen molar-refractivity contribution in [2.45, 2.75) is 24.8 Å². The SMILES string of the molecule is COc1ccc(S(=O)(=O)N(CC(=O)Nc2ccccc2C(=O)NC(C)C)c2ccccc2)cc1OC. The largest absolute Gasteiger partial charge is 0.493 e. The molecule has 190 valence electrons. The highest BCUT2D eigenvalue weighted by Gasteiger charge is 2.28. The van der Waals surface area contributed by atoms with Crippen molar-refractivity contribution >= 4 is 33.2 Å². The maximum atomic E-state index is 13.7. The molecule has 0 fully saturated rings. The van der Waals surface area contributed by atoms with Gasteiger partial charge in [-0.1, -0.05) is 30.3 Å². The fourth-order valence-corrected chi connectivity index (χ4v) is 4.90. The van der Waals surface area contributed by atoms with Crippen LogP contribution in [0.2, 0.25) is 0 Å². The highest BCUT2D eigenvalue weighted by Crippen LogP contribution is 2.32. The third kappa shape index (κ3) is 6.14. The molecule has 0 saturated carbocycles. The number of nitrogens with zero attached hydrogens (tertiary/aromatic N) is 1. The molecular weight excluding hydrogens is 482 g/mol. The quantitative estimate of drug-likeness (QED) is 0.429. The molecule has 0 aliphatic rings. The highest BCUT2D eigenvalue weighted by atomic mass is 32.2. The third-order valence-corrected chi connectivity index (χ3v) is 6.91. The molecule has 0 unspecified atom stereocenters. The number of rotatable bonds is 10. The van der Waals surface area contributed by atoms with Crippen molar-refractivity contribution in [3.05, 3.63) is 78.4 Å². The van der Waals surface area contributed by atoms with Gasteiger partial charge in [0.25, 0.3) is 15.9 Å². The number of methoxy groups -OCH3 is 2. The van der Waals surface area contributed by atoms with E-state index in [-0.39, 0.29) is 33.8 Å². The van der Waals surface area contributed by atoms with Gasteiger partial charge in [-0.2, -0.15) is 0 Å². The normalized spacial score (nSPS) is 11.0. The lowest BCUT2D eigenvalue weighted by atomic mass is 10.1. The van der Waals surface area contributed by atoms with Gasteiger partial charge in [0.1, 0.15) is 6.54 Å². The molecule has 0 aliphatic heterocycles. The first-order valence-electron chi connectivity index (χ1n) is 11.2. The van der Waals surface area contributed by atoms with E-state index in [0.717, 1.165) is 4.31 Å². The second-order valence-electron chi connectivity index (χ2n) is 8.09. The van der Waals surface area contributed by atoms with E-state index >= 15 is 0 Å². The summed E-state index contributed by atoms with van der Waals surface area (Å²) in [5, 5.41) is 5.47. The van der Waals surface area contributed by atoms with E-state index in [4.69, 9.17) is 9.47 Å². The molecule has 0 bridgehead atoms. The molecule has 10 heteroatoms. The third-order valence-electron chi connectivity index (χ3n) is 5.14. The van der Waals surface area contributed by atoms with Gasteiger partial charge >= 0.3 is 0 Å². The Labute approximate surface area is 211 Å². The van der Waals surface area contributed by atoms with Crippen LogP contribution in [0.1, 0.15) is 24.2 Å². The number of sulfonamides is 1. The number of hydrogen-bond donors (Lipinski definition) is 2. The van der Waals surface area contributed by atoms with Crippen molar-refractivity contribution in [1.29, 1.82) is 0 Å². The number of carbonyl (C=O) groups excluding carboxylic acids is 2. The predicted octanol–water partition coefficient (Wildman–Crippen LogP) is 3.68. The molecular formula is C26H29N3O6S. The summed E-state index contributed by atoms with van der Waals surface area (Å²) in [7, 11) is -1.33. The van der Waals surface area contributed by atoms with Crippen LogP contribution in [-0.4, -0.2) is 47.0 Å². The average Bonchev–Trinajstić information content (AvgIpc) is 2.87. The summed E-state index contributed by atoms with van der Waals surface area (Å²) in [5.41, 5.74) is 0.846. The van der Waals surface area contributed by atoms with Crippen molar-refractivity contribution in [1.82, 2.24) is 5.32 Å². The Morgan fingerprint density at radius 1 is 0.889 bits per heavy atom. The van der Waals surface area contributed by atoms with E-state index in [1.54, 1.807) is 54.6 Å². The Kier molecular flexibility index (Phi) is 8.55. The zero-order valence-corrected chi connectivity index (χ0v) is 21.3. The van der Waals surface area contributed by atoms with E-state index in [1.807, 2.05) is 13.8 Å². The molecule has 2 N–H and O–H groups in total. The van der Waals surface area contributed by atoms with Gasteiger partial charge in [-0.3, -0.25) is 13.9 Å². The fraction of sp³-hybridized carbons (Fsp3) is 0.231. The van der Waals surface area contributed by atoms with Crippen LogP contribution >= 0.6 is 0 Å². The maximum absolute atomic E-state index is 13.7. The topological polar surface area (TPSA) is 114 Å². The van der Waals surface area contributed by atoms with Gasteiger partial charge < -0.3 is 20.1 Å². The standard InChI is InChI=1S/C26H29N3O6S/c1-18(2)27-26(31)21-12-8-9-13-22(21)28-25(30)17-29(19-10-6-5-7-11-19)36(32,33)20-14-15-23(34-3)24(16-20)35-4/h5-16,18H,17H2,1-4H3,(H,27,31)(H,28,30). The Hall–Kier alpha value is -4.05. The lowest BCUT2D eigenvalue weighted by Gasteiger charge is -2.24. The summed E-state index contributed by atoms with van der Waals surface area (Å²) in [5.74, 6) is -0.357. The zero-order valence-electron chi connectivity index (χ0n) is 20.5. The predicted molar refractivity (Wildman–Crippen MR) is 138 cm³/mol. The molecule has 9 nitrogen and oxygen atoms in total. The number of carbonyl (C=O) groups is 2. The number of para-hydroxylation sites is 2. The molecule has 3 aromatic rings. The first-order chi connectivity index (χ1) is 17.2.